The minimum absolute atomic E-state index is 0. The van der Waals surface area contributed by atoms with Gasteiger partial charge < -0.3 is 15.1 Å². The van der Waals surface area contributed by atoms with Crippen LogP contribution in [-0.4, -0.2) is 79.4 Å². The van der Waals surface area contributed by atoms with E-state index < -0.39 is 5.82 Å². The molecule has 9 heteroatoms. The fraction of sp³-hybridized carbons (Fsp3) is 0.609. The highest BCUT2D eigenvalue weighted by atomic mass is 127. The summed E-state index contributed by atoms with van der Waals surface area (Å²) in [6.07, 6.45) is 1.20. The zero-order valence-corrected chi connectivity index (χ0v) is 21.5. The molecule has 1 aromatic rings. The largest absolute Gasteiger partial charge is 0.352 e. The normalized spacial score (nSPS) is 22.2. The average Bonchev–Trinajstić information content (AvgIpc) is 2.75. The number of aliphatic imine (C=N–C) groups is 1. The molecule has 32 heavy (non-hydrogen) atoms. The molecule has 2 aliphatic heterocycles. The first kappa shape index (κ1) is 26.3. The number of hydrogen-bond donors (Lipinski definition) is 1. The van der Waals surface area contributed by atoms with Gasteiger partial charge in [0.05, 0.1) is 18.2 Å². The zero-order chi connectivity index (χ0) is 22.4. The molecular weight excluding hydrogens is 522 g/mol. The molecule has 176 valence electrons. The van der Waals surface area contributed by atoms with E-state index in [4.69, 9.17) is 5.26 Å². The smallest absolute Gasteiger partial charge is 0.236 e. The zero-order valence-electron chi connectivity index (χ0n) is 19.2. The van der Waals surface area contributed by atoms with E-state index >= 15 is 0 Å². The Bertz CT molecular complexity index is 839. The summed E-state index contributed by atoms with van der Waals surface area (Å²) >= 11 is 0. The molecule has 0 saturated carbocycles. The number of hydrogen-bond acceptors (Lipinski definition) is 4. The number of carbonyl (C=O) groups excluding carboxylic acids is 1. The first-order valence-corrected chi connectivity index (χ1v) is 11.0. The maximum atomic E-state index is 14.1. The molecule has 2 atom stereocenters. The predicted molar refractivity (Wildman–Crippen MR) is 134 cm³/mol. The van der Waals surface area contributed by atoms with Crippen molar-refractivity contribution in [2.45, 2.75) is 26.8 Å². The molecule has 0 aromatic heterocycles. The number of piperidine rings is 1. The molecule has 2 heterocycles. The van der Waals surface area contributed by atoms with Crippen LogP contribution in [0.1, 0.15) is 31.4 Å². The number of carbonyl (C=O) groups is 1. The van der Waals surface area contributed by atoms with Gasteiger partial charge in [-0.15, -0.1) is 24.0 Å². The van der Waals surface area contributed by atoms with Crippen molar-refractivity contribution in [1.29, 1.82) is 5.26 Å². The second-order valence-electron chi connectivity index (χ2n) is 8.83. The minimum atomic E-state index is -0.397. The van der Waals surface area contributed by atoms with Crippen molar-refractivity contribution in [1.82, 2.24) is 20.0 Å². The lowest BCUT2D eigenvalue weighted by atomic mass is 9.92. The summed E-state index contributed by atoms with van der Waals surface area (Å²) in [7, 11) is 1.71. The molecule has 2 unspecified atom stereocenters. The van der Waals surface area contributed by atoms with Crippen LogP contribution in [0.4, 0.5) is 4.39 Å². The van der Waals surface area contributed by atoms with Crippen LogP contribution in [0.2, 0.25) is 0 Å². The Kier molecular flexibility index (Phi) is 10.2. The highest BCUT2D eigenvalue weighted by Crippen LogP contribution is 2.21. The minimum Gasteiger partial charge on any atom is -0.352 e. The van der Waals surface area contributed by atoms with Crippen LogP contribution < -0.4 is 5.32 Å². The van der Waals surface area contributed by atoms with Gasteiger partial charge in [-0.1, -0.05) is 19.9 Å². The number of benzene rings is 1. The van der Waals surface area contributed by atoms with Gasteiger partial charge in [-0.05, 0) is 30.4 Å². The molecule has 7 nitrogen and oxygen atoms in total. The summed E-state index contributed by atoms with van der Waals surface area (Å²) in [4.78, 5) is 23.4. The Hall–Kier alpha value is -1.93. The van der Waals surface area contributed by atoms with Gasteiger partial charge in [-0.3, -0.25) is 14.7 Å². The van der Waals surface area contributed by atoms with Crippen molar-refractivity contribution >= 4 is 35.8 Å². The van der Waals surface area contributed by atoms with E-state index in [0.29, 0.717) is 42.0 Å². The van der Waals surface area contributed by atoms with Crippen molar-refractivity contribution in [2.24, 2.45) is 16.8 Å². The second-order valence-corrected chi connectivity index (χ2v) is 8.83. The van der Waals surface area contributed by atoms with E-state index in [0.717, 1.165) is 39.3 Å². The highest BCUT2D eigenvalue weighted by molar-refractivity contribution is 14.0. The number of amides is 1. The Morgan fingerprint density at radius 1 is 1.19 bits per heavy atom. The fourth-order valence-corrected chi connectivity index (χ4v) is 4.54. The summed E-state index contributed by atoms with van der Waals surface area (Å²) in [5.74, 6) is 1.69. The van der Waals surface area contributed by atoms with Gasteiger partial charge in [0.1, 0.15) is 5.82 Å². The van der Waals surface area contributed by atoms with Crippen molar-refractivity contribution in [3.05, 3.63) is 35.1 Å². The molecule has 2 fully saturated rings. The van der Waals surface area contributed by atoms with Crippen LogP contribution in [0, 0.1) is 29.0 Å². The summed E-state index contributed by atoms with van der Waals surface area (Å²) < 4.78 is 14.1. The monoisotopic (exact) mass is 556 g/mol. The number of rotatable bonds is 4. The summed E-state index contributed by atoms with van der Waals surface area (Å²) in [5, 5.41) is 12.1. The fourth-order valence-electron chi connectivity index (χ4n) is 4.54. The molecule has 1 aromatic carbocycles. The van der Waals surface area contributed by atoms with Crippen LogP contribution in [0.5, 0.6) is 0 Å². The van der Waals surface area contributed by atoms with Gasteiger partial charge in [0.15, 0.2) is 5.96 Å². The van der Waals surface area contributed by atoms with E-state index in [1.54, 1.807) is 19.2 Å². The van der Waals surface area contributed by atoms with Crippen LogP contribution in [0.3, 0.4) is 0 Å². The molecule has 1 amide bonds. The average molecular weight is 556 g/mol. The van der Waals surface area contributed by atoms with Crippen LogP contribution in [0.25, 0.3) is 0 Å². The third-order valence-electron chi connectivity index (χ3n) is 6.08. The van der Waals surface area contributed by atoms with Gasteiger partial charge in [0, 0.05) is 58.4 Å². The van der Waals surface area contributed by atoms with Gasteiger partial charge in [0.25, 0.3) is 0 Å². The molecule has 2 saturated heterocycles. The Morgan fingerprint density at radius 3 is 2.41 bits per heavy atom. The van der Waals surface area contributed by atoms with Gasteiger partial charge in [0.2, 0.25) is 5.91 Å². The number of halogens is 2. The second kappa shape index (κ2) is 12.3. The van der Waals surface area contributed by atoms with Crippen LogP contribution >= 0.6 is 24.0 Å². The van der Waals surface area contributed by atoms with E-state index in [1.165, 1.54) is 12.5 Å². The Balaban J connectivity index is 0.00000363. The highest BCUT2D eigenvalue weighted by Gasteiger charge is 2.28. The number of piperazine rings is 1. The standard InChI is InChI=1S/C23H33FN6O.HI/c1-17-10-18(2)15-30(14-17)22(31)16-28-6-8-29(9-7-28)23(26-3)27-13-20-5-4-19(12-25)11-21(20)24;/h4-5,11,17-18H,6-10,13-16H2,1-3H3,(H,26,27);1H. The number of guanidine groups is 1. The first-order chi connectivity index (χ1) is 14.9. The van der Waals surface area contributed by atoms with E-state index in [1.807, 2.05) is 11.0 Å². The van der Waals surface area contributed by atoms with Gasteiger partial charge in [-0.25, -0.2) is 4.39 Å². The van der Waals surface area contributed by atoms with E-state index in [2.05, 4.69) is 34.0 Å². The number of nitrogens with zero attached hydrogens (tertiary/aromatic N) is 5. The van der Waals surface area contributed by atoms with Crippen molar-refractivity contribution in [3.8, 4) is 6.07 Å². The van der Waals surface area contributed by atoms with Crippen LogP contribution in [-0.2, 0) is 11.3 Å². The SMILES string of the molecule is CN=C(NCc1ccc(C#N)cc1F)N1CCN(CC(=O)N2CC(C)CC(C)C2)CC1.I. The number of nitriles is 1. The Labute approximate surface area is 207 Å². The molecule has 1 N–H and O–H groups in total. The quantitative estimate of drug-likeness (QED) is 0.351. The summed E-state index contributed by atoms with van der Waals surface area (Å²) in [6, 6.07) is 6.43. The molecule has 0 radical (unpaired) electrons. The van der Waals surface area contributed by atoms with Crippen molar-refractivity contribution in [2.75, 3.05) is 52.9 Å². The lowest BCUT2D eigenvalue weighted by molar-refractivity contribution is -0.135. The first-order valence-electron chi connectivity index (χ1n) is 11.0. The molecule has 0 aliphatic carbocycles. The Morgan fingerprint density at radius 2 is 1.84 bits per heavy atom. The number of nitrogens with one attached hydrogen (secondary N) is 1. The van der Waals surface area contributed by atoms with Crippen molar-refractivity contribution in [3.63, 3.8) is 0 Å². The third-order valence-corrected chi connectivity index (χ3v) is 6.08. The van der Waals surface area contributed by atoms with Crippen molar-refractivity contribution < 1.29 is 9.18 Å². The topological polar surface area (TPSA) is 75.0 Å². The van der Waals surface area contributed by atoms with E-state index in [-0.39, 0.29) is 29.9 Å². The van der Waals surface area contributed by atoms with Crippen LogP contribution in [0.15, 0.2) is 23.2 Å². The number of likely N-dealkylation sites (tertiary alicyclic amines) is 1. The van der Waals surface area contributed by atoms with Gasteiger partial charge >= 0.3 is 0 Å². The molecule has 2 aliphatic rings. The maximum absolute atomic E-state index is 14.1. The lowest BCUT2D eigenvalue weighted by Gasteiger charge is -2.39. The van der Waals surface area contributed by atoms with Gasteiger partial charge in [-0.2, -0.15) is 5.26 Å². The summed E-state index contributed by atoms with van der Waals surface area (Å²) in [6.45, 7) is 10.0. The third kappa shape index (κ3) is 7.04. The maximum Gasteiger partial charge on any atom is 0.236 e. The molecular formula is C23H34FIN6O. The lowest BCUT2D eigenvalue weighted by Crippen LogP contribution is -2.55. The predicted octanol–water partition coefficient (Wildman–Crippen LogP) is 2.51. The summed E-state index contributed by atoms with van der Waals surface area (Å²) in [5.41, 5.74) is 0.805. The molecule has 0 spiro atoms. The molecule has 3 rings (SSSR count). The van der Waals surface area contributed by atoms with E-state index in [9.17, 15) is 9.18 Å². The molecule has 0 bridgehead atoms.